The van der Waals surface area contributed by atoms with E-state index in [9.17, 15) is 4.79 Å². The van der Waals surface area contributed by atoms with Crippen LogP contribution in [0.25, 0.3) is 0 Å². The highest BCUT2D eigenvalue weighted by Gasteiger charge is 2.41. The fourth-order valence-electron chi connectivity index (χ4n) is 3.81. The Labute approximate surface area is 201 Å². The Morgan fingerprint density at radius 1 is 1.13 bits per heavy atom. The van der Waals surface area contributed by atoms with Crippen molar-refractivity contribution in [3.8, 4) is 0 Å². The average molecular weight is 508 g/mol. The average Bonchev–Trinajstić information content (AvgIpc) is 3.25. The van der Waals surface area contributed by atoms with Gasteiger partial charge in [0.15, 0.2) is 0 Å². The molecule has 0 radical (unpaired) electrons. The highest BCUT2D eigenvalue weighted by Crippen LogP contribution is 2.44. The van der Waals surface area contributed by atoms with Gasteiger partial charge in [-0.3, -0.25) is 15.2 Å². The van der Waals surface area contributed by atoms with Crippen molar-refractivity contribution in [3.63, 3.8) is 0 Å². The molecule has 0 bridgehead atoms. The molecule has 2 unspecified atom stereocenters. The topological polar surface area (TPSA) is 47.9 Å². The van der Waals surface area contributed by atoms with Gasteiger partial charge in [0.25, 0.3) is 5.91 Å². The Bertz CT molecular complexity index is 945. The number of benzene rings is 1. The van der Waals surface area contributed by atoms with Gasteiger partial charge in [0.2, 0.25) is 0 Å². The highest BCUT2D eigenvalue weighted by molar-refractivity contribution is 7.16. The largest absolute Gasteiger partial charge is 0.284 e. The molecular weight excluding hydrogens is 486 g/mol. The van der Waals surface area contributed by atoms with Gasteiger partial charge >= 0.3 is 0 Å². The lowest BCUT2D eigenvalue weighted by molar-refractivity contribution is -0.120. The minimum Gasteiger partial charge on any atom is -0.284 e. The summed E-state index contributed by atoms with van der Waals surface area (Å²) >= 11 is 20.2. The molecule has 2 aromatic rings. The van der Waals surface area contributed by atoms with E-state index < -0.39 is 0 Å². The fraction of sp³-hybridized carbons (Fsp3) is 0.400. The molecular formula is C20H22Cl4N4OS. The van der Waals surface area contributed by atoms with Gasteiger partial charge in [-0.2, -0.15) is 5.10 Å². The zero-order chi connectivity index (χ0) is 20.5. The first-order valence-electron chi connectivity index (χ1n) is 9.58. The number of nitrogens with one attached hydrogen (secondary N) is 1. The third-order valence-electron chi connectivity index (χ3n) is 5.27. The minimum absolute atomic E-state index is 0. The summed E-state index contributed by atoms with van der Waals surface area (Å²) in [4.78, 5) is 14.1. The molecule has 2 aliphatic heterocycles. The number of carbonyl (C=O) groups excluding carboxylic acids is 1. The van der Waals surface area contributed by atoms with E-state index >= 15 is 0 Å². The van der Waals surface area contributed by atoms with E-state index in [4.69, 9.17) is 39.9 Å². The molecule has 10 heteroatoms. The first-order valence-corrected chi connectivity index (χ1v) is 11.5. The zero-order valence-electron chi connectivity index (χ0n) is 16.3. The second-order valence-electron chi connectivity index (χ2n) is 7.29. The number of anilines is 1. The van der Waals surface area contributed by atoms with Crippen LogP contribution in [0, 0.1) is 5.92 Å². The quantitative estimate of drug-likeness (QED) is 0.535. The van der Waals surface area contributed by atoms with Crippen LogP contribution in [0.2, 0.25) is 14.4 Å². The van der Waals surface area contributed by atoms with Crippen LogP contribution in [0.3, 0.4) is 0 Å². The van der Waals surface area contributed by atoms with Crippen LogP contribution in [0.1, 0.15) is 37.1 Å². The summed E-state index contributed by atoms with van der Waals surface area (Å²) in [5.41, 5.74) is 4.21. The van der Waals surface area contributed by atoms with Gasteiger partial charge in [-0.25, -0.2) is 5.01 Å². The van der Waals surface area contributed by atoms with Crippen molar-refractivity contribution < 1.29 is 4.79 Å². The molecule has 2 atom stereocenters. The maximum Gasteiger partial charge on any atom is 0.282 e. The number of rotatable bonds is 4. The molecule has 1 aromatic heterocycles. The van der Waals surface area contributed by atoms with Gasteiger partial charge in [-0.15, -0.1) is 23.7 Å². The molecule has 1 saturated heterocycles. The number of carbonyl (C=O) groups is 1. The normalized spacial score (nSPS) is 21.9. The van der Waals surface area contributed by atoms with Crippen LogP contribution >= 0.6 is 58.5 Å². The molecule has 2 aliphatic rings. The smallest absolute Gasteiger partial charge is 0.282 e. The second kappa shape index (κ2) is 10.1. The highest BCUT2D eigenvalue weighted by atomic mass is 35.5. The molecule has 1 aromatic carbocycles. The summed E-state index contributed by atoms with van der Waals surface area (Å²) in [6.45, 7) is 3.74. The Hall–Kier alpha value is -1.02. The van der Waals surface area contributed by atoms with Crippen LogP contribution in [0.15, 0.2) is 35.4 Å². The molecule has 1 N–H and O–H groups in total. The fourth-order valence-corrected chi connectivity index (χ4v) is 5.56. The third kappa shape index (κ3) is 4.90. The van der Waals surface area contributed by atoms with Gasteiger partial charge in [-0.05, 0) is 43.2 Å². The van der Waals surface area contributed by atoms with Crippen LogP contribution in [-0.2, 0) is 4.79 Å². The van der Waals surface area contributed by atoms with Crippen molar-refractivity contribution in [2.24, 2.45) is 11.0 Å². The Balaban J connectivity index is 0.00000256. The molecule has 30 heavy (non-hydrogen) atoms. The number of hydrogen-bond acceptors (Lipinski definition) is 5. The van der Waals surface area contributed by atoms with Crippen LogP contribution in [-0.4, -0.2) is 29.7 Å². The summed E-state index contributed by atoms with van der Waals surface area (Å²) in [5, 5.41) is 9.54. The van der Waals surface area contributed by atoms with E-state index in [-0.39, 0.29) is 30.3 Å². The summed E-state index contributed by atoms with van der Waals surface area (Å²) in [6, 6.07) is 8.95. The number of amides is 1. The van der Waals surface area contributed by atoms with Gasteiger partial charge in [0.1, 0.15) is 5.71 Å². The molecule has 1 fully saturated rings. The van der Waals surface area contributed by atoms with E-state index in [1.54, 1.807) is 12.1 Å². The molecule has 0 aliphatic carbocycles. The Morgan fingerprint density at radius 3 is 2.50 bits per heavy atom. The van der Waals surface area contributed by atoms with Crippen LogP contribution < -0.4 is 10.4 Å². The van der Waals surface area contributed by atoms with Crippen molar-refractivity contribution in [1.29, 1.82) is 0 Å². The Morgan fingerprint density at radius 2 is 1.87 bits per heavy atom. The van der Waals surface area contributed by atoms with Crippen molar-refractivity contribution >= 4 is 75.9 Å². The predicted octanol–water partition coefficient (Wildman–Crippen LogP) is 6.20. The lowest BCUT2D eigenvalue weighted by Gasteiger charge is -2.27. The summed E-state index contributed by atoms with van der Waals surface area (Å²) in [6.07, 6.45) is 3.38. The predicted molar refractivity (Wildman–Crippen MR) is 128 cm³/mol. The molecule has 0 saturated carbocycles. The van der Waals surface area contributed by atoms with Crippen molar-refractivity contribution in [3.05, 3.63) is 49.6 Å². The molecule has 3 heterocycles. The van der Waals surface area contributed by atoms with Crippen LogP contribution in [0.4, 0.5) is 5.69 Å². The van der Waals surface area contributed by atoms with Crippen molar-refractivity contribution in [2.75, 3.05) is 18.1 Å². The number of piperidine rings is 1. The molecule has 162 valence electrons. The van der Waals surface area contributed by atoms with E-state index in [0.717, 1.165) is 30.8 Å². The first kappa shape index (κ1) is 23.6. The second-order valence-corrected chi connectivity index (χ2v) is 9.88. The third-order valence-corrected chi connectivity index (χ3v) is 7.11. The lowest BCUT2D eigenvalue weighted by Crippen LogP contribution is -2.48. The molecule has 4 rings (SSSR count). The SMILES string of the molecule is CC1C(C(=O)NN2CCCCC2)=NN(c2ccc(Cl)cc2Cl)C1c1ccc(Cl)s1.Cl. The monoisotopic (exact) mass is 506 g/mol. The molecule has 1 amide bonds. The van der Waals surface area contributed by atoms with Crippen LogP contribution in [0.5, 0.6) is 0 Å². The maximum absolute atomic E-state index is 13.0. The molecule has 5 nitrogen and oxygen atoms in total. The summed E-state index contributed by atoms with van der Waals surface area (Å²) < 4.78 is 0.695. The van der Waals surface area contributed by atoms with E-state index in [1.807, 2.05) is 35.1 Å². The van der Waals surface area contributed by atoms with Gasteiger partial charge in [0, 0.05) is 28.9 Å². The maximum atomic E-state index is 13.0. The van der Waals surface area contributed by atoms with E-state index in [2.05, 4.69) is 5.43 Å². The van der Waals surface area contributed by atoms with Crippen molar-refractivity contribution in [2.45, 2.75) is 32.2 Å². The zero-order valence-corrected chi connectivity index (χ0v) is 20.2. The standard InChI is InChI=1S/C20H21Cl3N4OS.ClH/c1-12-18(20(28)25-26-9-3-2-4-10-26)24-27(15-6-5-13(21)11-14(15)22)19(12)16-7-8-17(23)29-16;/h5-8,11-12,19H,2-4,9-10H2,1H3,(H,25,28);1H. The lowest BCUT2D eigenvalue weighted by atomic mass is 9.95. The van der Waals surface area contributed by atoms with Gasteiger partial charge in [-0.1, -0.05) is 48.1 Å². The number of hydrazone groups is 1. The minimum atomic E-state index is -0.173. The van der Waals surface area contributed by atoms with Crippen molar-refractivity contribution in [1.82, 2.24) is 10.4 Å². The van der Waals surface area contributed by atoms with E-state index in [1.165, 1.54) is 17.8 Å². The number of hydrogen-bond donors (Lipinski definition) is 1. The van der Waals surface area contributed by atoms with E-state index in [0.29, 0.717) is 25.8 Å². The molecule has 0 spiro atoms. The Kier molecular flexibility index (Phi) is 7.93. The van der Waals surface area contributed by atoms with Gasteiger partial charge in [0.05, 0.1) is 21.1 Å². The van der Waals surface area contributed by atoms with Gasteiger partial charge < -0.3 is 0 Å². The summed E-state index contributed by atoms with van der Waals surface area (Å²) in [7, 11) is 0. The number of halogens is 4. The number of hydrazine groups is 1. The summed E-state index contributed by atoms with van der Waals surface area (Å²) in [5.74, 6) is -0.305. The number of thiophene rings is 1. The number of nitrogens with zero attached hydrogens (tertiary/aromatic N) is 3. The first-order chi connectivity index (χ1) is 13.9.